The minimum absolute atomic E-state index is 0.632. The quantitative estimate of drug-likeness (QED) is 0.855. The molecule has 1 aliphatic rings. The lowest BCUT2D eigenvalue weighted by molar-refractivity contribution is 0.254. The molecule has 2 unspecified atom stereocenters. The second-order valence-electron chi connectivity index (χ2n) is 5.67. The van der Waals surface area contributed by atoms with Crippen LogP contribution in [0.2, 0.25) is 0 Å². The number of methoxy groups -OCH3 is 1. The van der Waals surface area contributed by atoms with Gasteiger partial charge in [0.25, 0.3) is 0 Å². The molecule has 1 fully saturated rings. The normalized spacial score (nSPS) is 24.0. The number of ether oxygens (including phenoxy) is 1. The molecule has 0 spiro atoms. The van der Waals surface area contributed by atoms with Crippen LogP contribution < -0.4 is 10.1 Å². The fraction of sp³-hybridized carbons (Fsp3) is 0.625. The molecule has 2 rings (SSSR count). The van der Waals surface area contributed by atoms with E-state index in [0.29, 0.717) is 6.04 Å². The molecule has 0 bridgehead atoms. The average molecular weight is 247 g/mol. The maximum atomic E-state index is 5.19. The van der Waals surface area contributed by atoms with E-state index < -0.39 is 0 Å². The Bertz CT molecular complexity index is 358. The third kappa shape index (κ3) is 3.18. The Hall–Kier alpha value is -1.18. The number of benzene rings is 1. The van der Waals surface area contributed by atoms with Gasteiger partial charge in [0.15, 0.2) is 0 Å². The Balaban J connectivity index is 2.01. The van der Waals surface area contributed by atoms with Gasteiger partial charge in [0, 0.05) is 11.7 Å². The zero-order valence-corrected chi connectivity index (χ0v) is 11.8. The van der Waals surface area contributed by atoms with Crippen LogP contribution >= 0.6 is 0 Å². The van der Waals surface area contributed by atoms with Gasteiger partial charge in [-0.25, -0.2) is 0 Å². The molecule has 2 heteroatoms. The summed E-state index contributed by atoms with van der Waals surface area (Å²) in [5.41, 5.74) is 1.22. The summed E-state index contributed by atoms with van der Waals surface area (Å²) in [5, 5.41) is 3.71. The molecule has 1 aromatic carbocycles. The molecule has 18 heavy (non-hydrogen) atoms. The van der Waals surface area contributed by atoms with Gasteiger partial charge in [-0.1, -0.05) is 26.7 Å². The minimum Gasteiger partial charge on any atom is -0.497 e. The summed E-state index contributed by atoms with van der Waals surface area (Å²) in [5.74, 6) is 2.49. The molecule has 0 aliphatic heterocycles. The molecule has 0 heterocycles. The zero-order valence-electron chi connectivity index (χ0n) is 11.8. The molecular formula is C16H25NO. The highest BCUT2D eigenvalue weighted by molar-refractivity contribution is 5.47. The zero-order chi connectivity index (χ0) is 13.0. The van der Waals surface area contributed by atoms with Crippen molar-refractivity contribution in [2.75, 3.05) is 12.4 Å². The largest absolute Gasteiger partial charge is 0.497 e. The van der Waals surface area contributed by atoms with Crippen LogP contribution in [0.25, 0.3) is 0 Å². The molecule has 1 aromatic rings. The third-order valence-electron chi connectivity index (χ3n) is 4.12. The van der Waals surface area contributed by atoms with Crippen molar-refractivity contribution in [2.24, 2.45) is 11.8 Å². The van der Waals surface area contributed by atoms with Crippen molar-refractivity contribution in [3.8, 4) is 5.75 Å². The summed E-state index contributed by atoms with van der Waals surface area (Å²) < 4.78 is 5.19. The van der Waals surface area contributed by atoms with Crippen LogP contribution in [0.15, 0.2) is 24.3 Å². The maximum absolute atomic E-state index is 5.19. The van der Waals surface area contributed by atoms with E-state index in [-0.39, 0.29) is 0 Å². The molecule has 0 radical (unpaired) electrons. The second-order valence-corrected chi connectivity index (χ2v) is 5.67. The van der Waals surface area contributed by atoms with E-state index >= 15 is 0 Å². The summed E-state index contributed by atoms with van der Waals surface area (Å²) >= 11 is 0. The van der Waals surface area contributed by atoms with Gasteiger partial charge < -0.3 is 10.1 Å². The Labute approximate surface area is 111 Å². The van der Waals surface area contributed by atoms with Crippen molar-refractivity contribution in [3.05, 3.63) is 24.3 Å². The van der Waals surface area contributed by atoms with Crippen molar-refractivity contribution >= 4 is 5.69 Å². The van der Waals surface area contributed by atoms with E-state index in [1.165, 1.54) is 31.4 Å². The van der Waals surface area contributed by atoms with Crippen molar-refractivity contribution in [1.82, 2.24) is 0 Å². The van der Waals surface area contributed by atoms with Gasteiger partial charge >= 0.3 is 0 Å². The number of hydrogen-bond donors (Lipinski definition) is 1. The van der Waals surface area contributed by atoms with Crippen molar-refractivity contribution in [2.45, 2.75) is 45.6 Å². The molecule has 100 valence electrons. The lowest BCUT2D eigenvalue weighted by Crippen LogP contribution is -2.35. The molecular weight excluding hydrogens is 222 g/mol. The first-order chi connectivity index (χ1) is 8.70. The number of anilines is 1. The SMILES string of the molecule is COc1ccc(NC2CCCCC2C(C)C)cc1. The van der Waals surface area contributed by atoms with E-state index in [2.05, 4.69) is 31.3 Å². The molecule has 0 amide bonds. The molecule has 2 atom stereocenters. The van der Waals surface area contributed by atoms with E-state index in [4.69, 9.17) is 4.74 Å². The first-order valence-corrected chi connectivity index (χ1v) is 7.11. The first-order valence-electron chi connectivity index (χ1n) is 7.11. The first kappa shape index (κ1) is 13.3. The summed E-state index contributed by atoms with van der Waals surface area (Å²) in [4.78, 5) is 0. The topological polar surface area (TPSA) is 21.3 Å². The van der Waals surface area contributed by atoms with Gasteiger partial charge in [-0.2, -0.15) is 0 Å². The van der Waals surface area contributed by atoms with Crippen LogP contribution in [0.4, 0.5) is 5.69 Å². The van der Waals surface area contributed by atoms with E-state index in [9.17, 15) is 0 Å². The summed E-state index contributed by atoms with van der Waals surface area (Å²) in [6.45, 7) is 4.69. The lowest BCUT2D eigenvalue weighted by atomic mass is 9.78. The number of rotatable bonds is 4. The standard InChI is InChI=1S/C16H25NO/c1-12(2)15-6-4-5-7-16(15)17-13-8-10-14(18-3)11-9-13/h8-12,15-17H,4-7H2,1-3H3. The maximum Gasteiger partial charge on any atom is 0.119 e. The van der Waals surface area contributed by atoms with Gasteiger partial charge in [-0.3, -0.25) is 0 Å². The number of hydrogen-bond acceptors (Lipinski definition) is 2. The summed E-state index contributed by atoms with van der Waals surface area (Å²) in [7, 11) is 1.71. The monoisotopic (exact) mass is 247 g/mol. The lowest BCUT2D eigenvalue weighted by Gasteiger charge is -2.35. The Morgan fingerprint density at radius 3 is 2.39 bits per heavy atom. The van der Waals surface area contributed by atoms with Crippen LogP contribution in [-0.2, 0) is 0 Å². The predicted molar refractivity (Wildman–Crippen MR) is 77.2 cm³/mol. The Morgan fingerprint density at radius 1 is 1.11 bits per heavy atom. The second kappa shape index (κ2) is 6.12. The molecule has 0 saturated heterocycles. The molecule has 2 nitrogen and oxygen atoms in total. The van der Waals surface area contributed by atoms with Crippen molar-refractivity contribution in [1.29, 1.82) is 0 Å². The highest BCUT2D eigenvalue weighted by Crippen LogP contribution is 2.32. The van der Waals surface area contributed by atoms with Gasteiger partial charge in [-0.05, 0) is 48.9 Å². The van der Waals surface area contributed by atoms with Gasteiger partial charge in [0.05, 0.1) is 7.11 Å². The number of nitrogens with one attached hydrogen (secondary N) is 1. The Kier molecular flexibility index (Phi) is 4.51. The Morgan fingerprint density at radius 2 is 1.78 bits per heavy atom. The van der Waals surface area contributed by atoms with Crippen LogP contribution in [0.3, 0.4) is 0 Å². The summed E-state index contributed by atoms with van der Waals surface area (Å²) in [6, 6.07) is 8.91. The fourth-order valence-electron chi connectivity index (χ4n) is 3.04. The van der Waals surface area contributed by atoms with Crippen LogP contribution in [-0.4, -0.2) is 13.2 Å². The average Bonchev–Trinajstić information content (AvgIpc) is 2.40. The fourth-order valence-corrected chi connectivity index (χ4v) is 3.04. The molecule has 0 aromatic heterocycles. The van der Waals surface area contributed by atoms with Crippen molar-refractivity contribution < 1.29 is 4.74 Å². The minimum atomic E-state index is 0.632. The molecule has 1 N–H and O–H groups in total. The van der Waals surface area contributed by atoms with Gasteiger partial charge in [0.1, 0.15) is 5.75 Å². The van der Waals surface area contributed by atoms with E-state index in [1.54, 1.807) is 7.11 Å². The third-order valence-corrected chi connectivity index (χ3v) is 4.12. The molecule has 1 aliphatic carbocycles. The van der Waals surface area contributed by atoms with Crippen molar-refractivity contribution in [3.63, 3.8) is 0 Å². The van der Waals surface area contributed by atoms with Gasteiger partial charge in [-0.15, -0.1) is 0 Å². The highest BCUT2D eigenvalue weighted by Gasteiger charge is 2.27. The van der Waals surface area contributed by atoms with Crippen LogP contribution in [0.5, 0.6) is 5.75 Å². The van der Waals surface area contributed by atoms with E-state index in [0.717, 1.165) is 17.6 Å². The smallest absolute Gasteiger partial charge is 0.119 e. The van der Waals surface area contributed by atoms with E-state index in [1.807, 2.05) is 12.1 Å². The highest BCUT2D eigenvalue weighted by atomic mass is 16.5. The van der Waals surface area contributed by atoms with Crippen LogP contribution in [0.1, 0.15) is 39.5 Å². The summed E-state index contributed by atoms with van der Waals surface area (Å²) in [6.07, 6.45) is 5.42. The van der Waals surface area contributed by atoms with Gasteiger partial charge in [0.2, 0.25) is 0 Å². The molecule has 1 saturated carbocycles. The van der Waals surface area contributed by atoms with Crippen LogP contribution in [0, 0.1) is 11.8 Å². The predicted octanol–water partition coefficient (Wildman–Crippen LogP) is 4.32.